The van der Waals surface area contributed by atoms with Crippen LogP contribution in [0.1, 0.15) is 0 Å². The lowest BCUT2D eigenvalue weighted by Crippen LogP contribution is -2.08. The number of nitrogen functional groups attached to an aromatic ring is 1. The zero-order chi connectivity index (χ0) is 18.0. The van der Waals surface area contributed by atoms with Gasteiger partial charge in [0.1, 0.15) is 0 Å². The van der Waals surface area contributed by atoms with E-state index in [0.29, 0.717) is 0 Å². The van der Waals surface area contributed by atoms with Crippen molar-refractivity contribution in [2.75, 3.05) is 5.84 Å². The lowest BCUT2D eigenvalue weighted by molar-refractivity contribution is 1.11. The van der Waals surface area contributed by atoms with Gasteiger partial charge in [0, 0.05) is 27.2 Å². The van der Waals surface area contributed by atoms with Crippen LogP contribution in [0.3, 0.4) is 0 Å². The fraction of sp³-hybridized carbons (Fsp3) is 0. The molecule has 0 fully saturated rings. The molecule has 2 aromatic heterocycles. The topological polar surface area (TPSA) is 35.9 Å². The van der Waals surface area contributed by atoms with Crippen molar-refractivity contribution in [1.82, 2.24) is 9.24 Å². The van der Waals surface area contributed by atoms with Gasteiger partial charge in [-0.3, -0.25) is 4.68 Å². The van der Waals surface area contributed by atoms with Crippen LogP contribution in [0, 0.1) is 0 Å². The summed E-state index contributed by atoms with van der Waals surface area (Å²) in [7, 11) is 0. The van der Waals surface area contributed by atoms with Gasteiger partial charge < -0.3 is 10.4 Å². The molecule has 6 aromatic rings. The quantitative estimate of drug-likeness (QED) is 0.386. The number of rotatable bonds is 1. The molecule has 0 atom stereocenters. The summed E-state index contributed by atoms with van der Waals surface area (Å²) in [6.07, 6.45) is 0. The van der Waals surface area contributed by atoms with E-state index in [1.165, 1.54) is 27.1 Å². The molecular weight excluding hydrogens is 330 g/mol. The Morgan fingerprint density at radius 1 is 0.481 bits per heavy atom. The lowest BCUT2D eigenvalue weighted by Gasteiger charge is -2.09. The van der Waals surface area contributed by atoms with Crippen LogP contribution in [-0.2, 0) is 0 Å². The fourth-order valence-electron chi connectivity index (χ4n) is 4.38. The number of fused-ring (bicyclic) bond motifs is 7. The third-order valence-electron chi connectivity index (χ3n) is 5.52. The van der Waals surface area contributed by atoms with Crippen LogP contribution in [0.25, 0.3) is 49.3 Å². The number of aromatic nitrogens is 2. The van der Waals surface area contributed by atoms with Gasteiger partial charge in [-0.15, -0.1) is 0 Å². The van der Waals surface area contributed by atoms with Gasteiger partial charge >= 0.3 is 0 Å². The highest BCUT2D eigenvalue weighted by Gasteiger charge is 2.18. The number of benzene rings is 4. The molecule has 2 heterocycles. The van der Waals surface area contributed by atoms with Gasteiger partial charge in [0.15, 0.2) is 0 Å². The first-order chi connectivity index (χ1) is 13.3. The molecule has 0 saturated heterocycles. The summed E-state index contributed by atoms with van der Waals surface area (Å²) in [5, 5.41) is 4.82. The van der Waals surface area contributed by atoms with E-state index < -0.39 is 0 Å². The number of nitrogens with two attached hydrogens (primary N) is 1. The second kappa shape index (κ2) is 5.15. The second-order valence-electron chi connectivity index (χ2n) is 6.93. The Morgan fingerprint density at radius 3 is 1.78 bits per heavy atom. The molecule has 4 aromatic carbocycles. The maximum absolute atomic E-state index is 6.61. The number of hydrogen-bond donors (Lipinski definition) is 1. The smallest absolute Gasteiger partial charge is 0.0950 e. The molecule has 0 unspecified atom stereocenters. The lowest BCUT2D eigenvalue weighted by atomic mass is 10.1. The van der Waals surface area contributed by atoms with E-state index in [1.807, 2.05) is 16.8 Å². The van der Waals surface area contributed by atoms with Crippen molar-refractivity contribution in [3.63, 3.8) is 0 Å². The third-order valence-corrected chi connectivity index (χ3v) is 5.52. The van der Waals surface area contributed by atoms with Crippen LogP contribution >= 0.6 is 0 Å². The van der Waals surface area contributed by atoms with E-state index in [9.17, 15) is 0 Å². The summed E-state index contributed by atoms with van der Waals surface area (Å²) in [5.74, 6) is 6.61. The van der Waals surface area contributed by atoms with Crippen LogP contribution < -0.4 is 5.84 Å². The second-order valence-corrected chi connectivity index (χ2v) is 6.93. The van der Waals surface area contributed by atoms with Crippen LogP contribution in [0.15, 0.2) is 91.0 Å². The molecule has 0 saturated carbocycles. The molecule has 0 bridgehead atoms. The molecule has 3 nitrogen and oxygen atoms in total. The van der Waals surface area contributed by atoms with Crippen molar-refractivity contribution in [3.8, 4) is 5.69 Å². The van der Waals surface area contributed by atoms with Gasteiger partial charge in [0.2, 0.25) is 0 Å². The van der Waals surface area contributed by atoms with Gasteiger partial charge in [-0.1, -0.05) is 66.7 Å². The molecule has 0 amide bonds. The van der Waals surface area contributed by atoms with E-state index in [0.717, 1.165) is 22.2 Å². The predicted molar refractivity (Wildman–Crippen MR) is 114 cm³/mol. The standard InChI is InChI=1S/C24H17N3/c25-27-22-13-7-5-11-18(22)20-15-14-19-17-10-4-6-12-21(17)26(23(19)24(20)27)16-8-2-1-3-9-16/h1-15H,25H2. The van der Waals surface area contributed by atoms with Gasteiger partial charge in [-0.25, -0.2) is 0 Å². The van der Waals surface area contributed by atoms with E-state index in [4.69, 9.17) is 5.84 Å². The largest absolute Gasteiger partial charge is 0.338 e. The van der Waals surface area contributed by atoms with Crippen LogP contribution in [0.2, 0.25) is 0 Å². The van der Waals surface area contributed by atoms with Crippen molar-refractivity contribution in [2.24, 2.45) is 0 Å². The Hall–Kier alpha value is -3.72. The maximum Gasteiger partial charge on any atom is 0.0950 e. The van der Waals surface area contributed by atoms with Crippen molar-refractivity contribution >= 4 is 43.6 Å². The Labute approximate surface area is 155 Å². The average Bonchev–Trinajstić information content (AvgIpc) is 3.22. The molecule has 0 aliphatic heterocycles. The van der Waals surface area contributed by atoms with Crippen molar-refractivity contribution in [1.29, 1.82) is 0 Å². The van der Waals surface area contributed by atoms with E-state index in [2.05, 4.69) is 83.4 Å². The number of nitrogens with zero attached hydrogens (tertiary/aromatic N) is 2. The molecular formula is C24H17N3. The first kappa shape index (κ1) is 14.4. The molecule has 0 aliphatic rings. The van der Waals surface area contributed by atoms with E-state index in [-0.39, 0.29) is 0 Å². The molecule has 2 N–H and O–H groups in total. The van der Waals surface area contributed by atoms with Crippen molar-refractivity contribution in [3.05, 3.63) is 91.0 Å². The highest BCUT2D eigenvalue weighted by Crippen LogP contribution is 2.39. The monoisotopic (exact) mass is 347 g/mol. The van der Waals surface area contributed by atoms with Gasteiger partial charge in [-0.2, -0.15) is 0 Å². The van der Waals surface area contributed by atoms with Gasteiger partial charge in [-0.05, 0) is 24.3 Å². The minimum absolute atomic E-state index is 1.05. The summed E-state index contributed by atoms with van der Waals surface area (Å²) < 4.78 is 4.17. The maximum atomic E-state index is 6.61. The van der Waals surface area contributed by atoms with E-state index in [1.54, 1.807) is 0 Å². The normalized spacial score (nSPS) is 11.9. The third kappa shape index (κ3) is 1.80. The Bertz CT molecular complexity index is 1470. The zero-order valence-corrected chi connectivity index (χ0v) is 14.6. The van der Waals surface area contributed by atoms with E-state index >= 15 is 0 Å². The fourth-order valence-corrected chi connectivity index (χ4v) is 4.38. The summed E-state index contributed by atoms with van der Waals surface area (Å²) >= 11 is 0. The zero-order valence-electron chi connectivity index (χ0n) is 14.6. The van der Waals surface area contributed by atoms with Crippen molar-refractivity contribution < 1.29 is 0 Å². The minimum atomic E-state index is 1.05. The summed E-state index contributed by atoms with van der Waals surface area (Å²) in [6.45, 7) is 0. The number of para-hydroxylation sites is 3. The van der Waals surface area contributed by atoms with Crippen LogP contribution in [0.5, 0.6) is 0 Å². The van der Waals surface area contributed by atoms with Crippen molar-refractivity contribution in [2.45, 2.75) is 0 Å². The Balaban J connectivity index is 1.96. The van der Waals surface area contributed by atoms with Crippen LogP contribution in [-0.4, -0.2) is 9.24 Å². The summed E-state index contributed by atoms with van der Waals surface area (Å²) in [5.41, 5.74) is 5.59. The SMILES string of the molecule is Nn1c2ccccc2c2ccc3c4ccccc4n(-c4ccccc4)c3c21. The molecule has 3 heteroatoms. The van der Waals surface area contributed by atoms with Crippen LogP contribution in [0.4, 0.5) is 0 Å². The summed E-state index contributed by atoms with van der Waals surface area (Å²) in [6, 6.07) is 31.8. The number of hydrogen-bond acceptors (Lipinski definition) is 1. The highest BCUT2D eigenvalue weighted by atomic mass is 15.3. The molecule has 0 aliphatic carbocycles. The predicted octanol–water partition coefficient (Wildman–Crippen LogP) is 5.61. The average molecular weight is 347 g/mol. The first-order valence-corrected chi connectivity index (χ1v) is 9.10. The molecule has 6 rings (SSSR count). The molecule has 0 spiro atoms. The molecule has 128 valence electrons. The minimum Gasteiger partial charge on any atom is -0.338 e. The first-order valence-electron chi connectivity index (χ1n) is 9.10. The summed E-state index contributed by atoms with van der Waals surface area (Å²) in [4.78, 5) is 0. The Kier molecular flexibility index (Phi) is 2.75. The van der Waals surface area contributed by atoms with Gasteiger partial charge in [0.05, 0.1) is 22.1 Å². The highest BCUT2D eigenvalue weighted by molar-refractivity contribution is 6.23. The Morgan fingerprint density at radius 2 is 1.04 bits per heavy atom. The molecule has 27 heavy (non-hydrogen) atoms. The molecule has 0 radical (unpaired) electrons. The van der Waals surface area contributed by atoms with Gasteiger partial charge in [0.25, 0.3) is 0 Å².